The monoisotopic (exact) mass is 291 g/mol. The van der Waals surface area contributed by atoms with E-state index in [0.29, 0.717) is 11.5 Å². The minimum atomic E-state index is -0.408. The zero-order valence-electron chi connectivity index (χ0n) is 12.2. The summed E-state index contributed by atoms with van der Waals surface area (Å²) in [7, 11) is 0. The van der Waals surface area contributed by atoms with Crippen LogP contribution in [0, 0.1) is 17.2 Å². The molecule has 1 heterocycles. The van der Waals surface area contributed by atoms with Crippen molar-refractivity contribution in [2.75, 3.05) is 19.7 Å². The second-order valence-electron chi connectivity index (χ2n) is 6.44. The van der Waals surface area contributed by atoms with E-state index in [-0.39, 0.29) is 18.5 Å². The van der Waals surface area contributed by atoms with Crippen molar-refractivity contribution in [3.8, 4) is 0 Å². The van der Waals surface area contributed by atoms with Crippen molar-refractivity contribution < 1.29 is 14.3 Å². The molecule has 0 bridgehead atoms. The molecule has 1 aliphatic carbocycles. The van der Waals surface area contributed by atoms with Crippen LogP contribution >= 0.6 is 0 Å². The lowest BCUT2D eigenvalue weighted by atomic mass is 9.86. The van der Waals surface area contributed by atoms with Crippen LogP contribution in [0.2, 0.25) is 0 Å². The standard InChI is InChI=1S/C17H22FNO2/c18-15-4-2-1-3-14(15)16(17(12-21)7-8-17)19-9-5-13(11-20)6-10-19/h1-4,12-13,16,20H,5-11H2. The molecule has 1 saturated carbocycles. The van der Waals surface area contributed by atoms with E-state index in [0.717, 1.165) is 45.1 Å². The fraction of sp³-hybridized carbons (Fsp3) is 0.588. The largest absolute Gasteiger partial charge is 0.396 e. The first-order chi connectivity index (χ1) is 10.2. The first-order valence-corrected chi connectivity index (χ1v) is 7.76. The maximum Gasteiger partial charge on any atom is 0.128 e. The summed E-state index contributed by atoms with van der Waals surface area (Å²) in [4.78, 5) is 13.8. The lowest BCUT2D eigenvalue weighted by Gasteiger charge is -2.40. The highest BCUT2D eigenvalue weighted by atomic mass is 19.1. The number of hydrogen-bond acceptors (Lipinski definition) is 3. The summed E-state index contributed by atoms with van der Waals surface area (Å²) < 4.78 is 14.2. The molecule has 1 saturated heterocycles. The van der Waals surface area contributed by atoms with Crippen molar-refractivity contribution in [2.45, 2.75) is 31.7 Å². The third-order valence-electron chi connectivity index (χ3n) is 5.08. The van der Waals surface area contributed by atoms with E-state index in [1.54, 1.807) is 6.07 Å². The number of benzene rings is 1. The SMILES string of the molecule is O=CC1(C(c2ccccc2F)N2CCC(CO)CC2)CC1. The van der Waals surface area contributed by atoms with Gasteiger partial charge in [0.2, 0.25) is 0 Å². The summed E-state index contributed by atoms with van der Waals surface area (Å²) in [6.07, 6.45) is 4.54. The van der Waals surface area contributed by atoms with E-state index in [1.807, 2.05) is 12.1 Å². The molecule has 21 heavy (non-hydrogen) atoms. The number of nitrogens with zero attached hydrogens (tertiary/aromatic N) is 1. The van der Waals surface area contributed by atoms with Gasteiger partial charge in [0.05, 0.1) is 0 Å². The average Bonchev–Trinajstić information content (AvgIpc) is 3.31. The smallest absolute Gasteiger partial charge is 0.128 e. The van der Waals surface area contributed by atoms with Gasteiger partial charge in [-0.15, -0.1) is 0 Å². The molecule has 1 N–H and O–H groups in total. The number of hydrogen-bond donors (Lipinski definition) is 1. The molecule has 3 rings (SSSR count). The van der Waals surface area contributed by atoms with Crippen molar-refractivity contribution >= 4 is 6.29 Å². The molecule has 1 unspecified atom stereocenters. The average molecular weight is 291 g/mol. The molecule has 4 heteroatoms. The molecule has 114 valence electrons. The topological polar surface area (TPSA) is 40.5 Å². The molecule has 1 aliphatic heterocycles. The fourth-order valence-corrected chi connectivity index (χ4v) is 3.56. The highest BCUT2D eigenvalue weighted by Gasteiger charge is 2.53. The number of piperidine rings is 1. The third kappa shape index (κ3) is 2.74. The molecule has 0 radical (unpaired) electrons. The van der Waals surface area contributed by atoms with Crippen LogP contribution in [0.25, 0.3) is 0 Å². The number of likely N-dealkylation sites (tertiary alicyclic amines) is 1. The number of halogens is 1. The minimum Gasteiger partial charge on any atom is -0.396 e. The van der Waals surface area contributed by atoms with Crippen molar-refractivity contribution in [2.24, 2.45) is 11.3 Å². The number of carbonyl (C=O) groups excluding carboxylic acids is 1. The number of aliphatic hydroxyl groups is 1. The van der Waals surface area contributed by atoms with Crippen molar-refractivity contribution in [1.29, 1.82) is 0 Å². The molecular formula is C17H22FNO2. The molecule has 1 aromatic rings. The Balaban J connectivity index is 1.88. The second kappa shape index (κ2) is 5.85. The van der Waals surface area contributed by atoms with E-state index < -0.39 is 5.41 Å². The van der Waals surface area contributed by atoms with Crippen LogP contribution in [0.15, 0.2) is 24.3 Å². The van der Waals surface area contributed by atoms with E-state index in [9.17, 15) is 14.3 Å². The maximum absolute atomic E-state index is 14.2. The minimum absolute atomic E-state index is 0.157. The van der Waals surface area contributed by atoms with Crippen molar-refractivity contribution in [1.82, 2.24) is 4.90 Å². The van der Waals surface area contributed by atoms with Crippen LogP contribution in [0.1, 0.15) is 37.3 Å². The molecule has 1 atom stereocenters. The Hall–Kier alpha value is -1.26. The zero-order valence-corrected chi connectivity index (χ0v) is 12.2. The fourth-order valence-electron chi connectivity index (χ4n) is 3.56. The van der Waals surface area contributed by atoms with Crippen molar-refractivity contribution in [3.05, 3.63) is 35.6 Å². The Kier molecular flexibility index (Phi) is 4.09. The molecule has 0 amide bonds. The van der Waals surface area contributed by atoms with E-state index in [4.69, 9.17) is 0 Å². The summed E-state index contributed by atoms with van der Waals surface area (Å²) >= 11 is 0. The van der Waals surface area contributed by atoms with Gasteiger partial charge < -0.3 is 9.90 Å². The summed E-state index contributed by atoms with van der Waals surface area (Å²) in [5, 5.41) is 9.26. The lowest BCUT2D eigenvalue weighted by molar-refractivity contribution is -0.115. The van der Waals surface area contributed by atoms with Crippen LogP contribution in [0.4, 0.5) is 4.39 Å². The van der Waals surface area contributed by atoms with Gasteiger partial charge in [0.25, 0.3) is 0 Å². The predicted octanol–water partition coefficient (Wildman–Crippen LogP) is 2.55. The predicted molar refractivity (Wildman–Crippen MR) is 78.3 cm³/mol. The van der Waals surface area contributed by atoms with Crippen LogP contribution in [-0.2, 0) is 4.79 Å². The maximum atomic E-state index is 14.2. The Morgan fingerprint density at radius 3 is 2.52 bits per heavy atom. The van der Waals surface area contributed by atoms with E-state index in [1.165, 1.54) is 6.07 Å². The molecule has 2 fully saturated rings. The van der Waals surface area contributed by atoms with E-state index >= 15 is 0 Å². The number of aldehydes is 1. The molecule has 1 aromatic carbocycles. The van der Waals surface area contributed by atoms with Crippen LogP contribution in [0.3, 0.4) is 0 Å². The highest BCUT2D eigenvalue weighted by Crippen LogP contribution is 2.56. The summed E-state index contributed by atoms with van der Waals surface area (Å²) in [6, 6.07) is 6.66. The summed E-state index contributed by atoms with van der Waals surface area (Å²) in [5.41, 5.74) is 0.235. The van der Waals surface area contributed by atoms with Gasteiger partial charge in [-0.2, -0.15) is 0 Å². The van der Waals surface area contributed by atoms with Crippen molar-refractivity contribution in [3.63, 3.8) is 0 Å². The normalized spacial score (nSPS) is 23.7. The molecule has 0 spiro atoms. The first-order valence-electron chi connectivity index (χ1n) is 7.76. The highest BCUT2D eigenvalue weighted by molar-refractivity contribution is 5.66. The van der Waals surface area contributed by atoms with Crippen LogP contribution in [0.5, 0.6) is 0 Å². The summed E-state index contributed by atoms with van der Waals surface area (Å²) in [6.45, 7) is 1.86. The number of rotatable bonds is 5. The Labute approximate surface area is 124 Å². The second-order valence-corrected chi connectivity index (χ2v) is 6.44. The van der Waals surface area contributed by atoms with Crippen LogP contribution < -0.4 is 0 Å². The van der Waals surface area contributed by atoms with E-state index in [2.05, 4.69) is 4.90 Å². The Morgan fingerprint density at radius 2 is 2.00 bits per heavy atom. The molecule has 2 aliphatic rings. The molecule has 0 aromatic heterocycles. The molecule has 3 nitrogen and oxygen atoms in total. The van der Waals surface area contributed by atoms with Gasteiger partial charge >= 0.3 is 0 Å². The number of carbonyl (C=O) groups is 1. The van der Waals surface area contributed by atoms with Gasteiger partial charge in [0.15, 0.2) is 0 Å². The summed E-state index contributed by atoms with van der Waals surface area (Å²) in [5.74, 6) is 0.119. The van der Waals surface area contributed by atoms with Gasteiger partial charge in [0, 0.05) is 23.6 Å². The van der Waals surface area contributed by atoms with Gasteiger partial charge in [-0.05, 0) is 50.8 Å². The lowest BCUT2D eigenvalue weighted by Crippen LogP contribution is -2.42. The van der Waals surface area contributed by atoms with Gasteiger partial charge in [-0.3, -0.25) is 4.90 Å². The quantitative estimate of drug-likeness (QED) is 0.848. The van der Waals surface area contributed by atoms with Gasteiger partial charge in [-0.1, -0.05) is 18.2 Å². The first kappa shape index (κ1) is 14.7. The van der Waals surface area contributed by atoms with Gasteiger partial charge in [0.1, 0.15) is 12.1 Å². The van der Waals surface area contributed by atoms with Crippen LogP contribution in [-0.4, -0.2) is 36.0 Å². The number of aliphatic hydroxyl groups excluding tert-OH is 1. The van der Waals surface area contributed by atoms with Gasteiger partial charge in [-0.25, -0.2) is 4.39 Å². The third-order valence-corrected chi connectivity index (χ3v) is 5.08. The zero-order chi connectivity index (χ0) is 14.9. The Morgan fingerprint density at radius 1 is 1.33 bits per heavy atom. The molecular weight excluding hydrogens is 269 g/mol. The Bertz CT molecular complexity index is 507.